The summed E-state index contributed by atoms with van der Waals surface area (Å²) in [6, 6.07) is 4.87. The zero-order valence-electron chi connectivity index (χ0n) is 13.4. The lowest BCUT2D eigenvalue weighted by molar-refractivity contribution is 0.0706. The second-order valence-electron chi connectivity index (χ2n) is 6.27. The number of hydrogen-bond acceptors (Lipinski definition) is 5. The fraction of sp³-hybridized carbons (Fsp3) is 0.471. The second kappa shape index (κ2) is 6.09. The van der Waals surface area contributed by atoms with Gasteiger partial charge in [-0.2, -0.15) is 4.98 Å². The Balaban J connectivity index is 1.62. The first kappa shape index (κ1) is 15.4. The summed E-state index contributed by atoms with van der Waals surface area (Å²) in [4.78, 5) is 19.3. The summed E-state index contributed by atoms with van der Waals surface area (Å²) in [5, 5.41) is 4.57. The van der Waals surface area contributed by atoms with Crippen molar-refractivity contribution in [2.45, 2.75) is 37.6 Å². The molecule has 1 aliphatic heterocycles. The number of rotatable bonds is 4. The summed E-state index contributed by atoms with van der Waals surface area (Å²) >= 11 is 6.06. The minimum Gasteiger partial charge on any atom is -0.496 e. The van der Waals surface area contributed by atoms with E-state index in [1.54, 1.807) is 30.2 Å². The summed E-state index contributed by atoms with van der Waals surface area (Å²) in [6.45, 7) is 0.653. The number of nitrogens with zero attached hydrogens (tertiary/aromatic N) is 3. The lowest BCUT2D eigenvalue weighted by Crippen LogP contribution is -2.31. The van der Waals surface area contributed by atoms with Gasteiger partial charge in [-0.1, -0.05) is 16.8 Å². The minimum absolute atomic E-state index is 0.122. The SMILES string of the molecule is COc1ccc(Cl)cc1C(=O)N1CCCC1c1nc(C2CC2)no1. The van der Waals surface area contributed by atoms with Gasteiger partial charge in [0.25, 0.3) is 5.91 Å². The van der Waals surface area contributed by atoms with Crippen LogP contribution in [0.2, 0.25) is 5.02 Å². The molecular formula is C17H18ClN3O3. The van der Waals surface area contributed by atoms with Crippen LogP contribution in [0.1, 0.15) is 59.7 Å². The third kappa shape index (κ3) is 2.75. The van der Waals surface area contributed by atoms with Gasteiger partial charge in [-0.05, 0) is 43.9 Å². The van der Waals surface area contributed by atoms with Crippen LogP contribution in [0.15, 0.2) is 22.7 Å². The van der Waals surface area contributed by atoms with E-state index in [0.29, 0.717) is 34.7 Å². The zero-order valence-corrected chi connectivity index (χ0v) is 14.1. The standard InChI is InChI=1S/C17H18ClN3O3/c1-23-14-7-6-11(18)9-12(14)17(22)21-8-2-3-13(21)16-19-15(20-24-16)10-4-5-10/h6-7,9-10,13H,2-5,8H2,1H3. The van der Waals surface area contributed by atoms with Crippen molar-refractivity contribution in [1.82, 2.24) is 15.0 Å². The number of halogens is 1. The van der Waals surface area contributed by atoms with E-state index < -0.39 is 0 Å². The van der Waals surface area contributed by atoms with Crippen LogP contribution >= 0.6 is 11.6 Å². The van der Waals surface area contributed by atoms with E-state index in [1.165, 1.54) is 0 Å². The number of carbonyl (C=O) groups is 1. The molecule has 4 rings (SSSR count). The van der Waals surface area contributed by atoms with Crippen LogP contribution in [0.3, 0.4) is 0 Å². The molecule has 1 amide bonds. The molecule has 24 heavy (non-hydrogen) atoms. The maximum absolute atomic E-state index is 13.0. The molecule has 7 heteroatoms. The Morgan fingerprint density at radius 1 is 1.38 bits per heavy atom. The molecule has 2 aliphatic rings. The summed E-state index contributed by atoms with van der Waals surface area (Å²) in [5.74, 6) is 2.12. The Bertz CT molecular complexity index is 772. The van der Waals surface area contributed by atoms with Crippen LogP contribution in [0.5, 0.6) is 5.75 Å². The number of likely N-dealkylation sites (tertiary alicyclic amines) is 1. The molecule has 6 nitrogen and oxygen atoms in total. The van der Waals surface area contributed by atoms with Gasteiger partial charge < -0.3 is 14.2 Å². The van der Waals surface area contributed by atoms with Gasteiger partial charge in [0.1, 0.15) is 11.8 Å². The molecule has 2 heterocycles. The Kier molecular flexibility index (Phi) is 3.92. The molecule has 0 radical (unpaired) electrons. The Labute approximate surface area is 144 Å². The van der Waals surface area contributed by atoms with Crippen molar-refractivity contribution in [3.05, 3.63) is 40.5 Å². The van der Waals surface area contributed by atoms with E-state index in [2.05, 4.69) is 10.1 Å². The summed E-state index contributed by atoms with van der Waals surface area (Å²) in [6.07, 6.45) is 3.96. The lowest BCUT2D eigenvalue weighted by Gasteiger charge is -2.23. The monoisotopic (exact) mass is 347 g/mol. The molecule has 1 saturated heterocycles. The number of amides is 1. The number of benzene rings is 1. The Morgan fingerprint density at radius 2 is 2.21 bits per heavy atom. The molecule has 2 fully saturated rings. The smallest absolute Gasteiger partial charge is 0.258 e. The van der Waals surface area contributed by atoms with Gasteiger partial charge >= 0.3 is 0 Å². The van der Waals surface area contributed by atoms with Crippen LogP contribution in [0.4, 0.5) is 0 Å². The minimum atomic E-state index is -0.179. The number of hydrogen-bond donors (Lipinski definition) is 0. The lowest BCUT2D eigenvalue weighted by atomic mass is 10.1. The van der Waals surface area contributed by atoms with Crippen LogP contribution in [-0.2, 0) is 0 Å². The Hall–Kier alpha value is -2.08. The molecule has 1 aromatic carbocycles. The Morgan fingerprint density at radius 3 is 2.96 bits per heavy atom. The fourth-order valence-corrected chi connectivity index (χ4v) is 3.33. The summed E-state index contributed by atoms with van der Waals surface area (Å²) in [7, 11) is 1.54. The van der Waals surface area contributed by atoms with Crippen LogP contribution < -0.4 is 4.74 Å². The largest absolute Gasteiger partial charge is 0.496 e. The van der Waals surface area contributed by atoms with E-state index in [4.69, 9.17) is 20.9 Å². The zero-order chi connectivity index (χ0) is 16.7. The van der Waals surface area contributed by atoms with Crippen LogP contribution in [0, 0.1) is 0 Å². The highest BCUT2D eigenvalue weighted by Gasteiger charge is 2.37. The maximum atomic E-state index is 13.0. The van der Waals surface area contributed by atoms with Crippen molar-refractivity contribution < 1.29 is 14.1 Å². The molecule has 1 atom stereocenters. The van der Waals surface area contributed by atoms with Crippen LogP contribution in [-0.4, -0.2) is 34.6 Å². The molecule has 1 unspecified atom stereocenters. The highest BCUT2D eigenvalue weighted by Crippen LogP contribution is 2.40. The highest BCUT2D eigenvalue weighted by molar-refractivity contribution is 6.31. The molecule has 2 aromatic rings. The van der Waals surface area contributed by atoms with Crippen LogP contribution in [0.25, 0.3) is 0 Å². The third-order valence-corrected chi connectivity index (χ3v) is 4.83. The number of ether oxygens (including phenoxy) is 1. The topological polar surface area (TPSA) is 68.5 Å². The first-order chi connectivity index (χ1) is 11.7. The molecule has 0 spiro atoms. The molecule has 0 N–H and O–H groups in total. The molecule has 1 saturated carbocycles. The van der Waals surface area contributed by atoms with Gasteiger partial charge in [0, 0.05) is 17.5 Å². The number of methoxy groups -OCH3 is 1. The van der Waals surface area contributed by atoms with Crippen molar-refractivity contribution in [2.24, 2.45) is 0 Å². The predicted octanol–water partition coefficient (Wildman–Crippen LogP) is 3.59. The van der Waals surface area contributed by atoms with Gasteiger partial charge in [0.2, 0.25) is 5.89 Å². The van der Waals surface area contributed by atoms with Gasteiger partial charge in [-0.15, -0.1) is 0 Å². The molecular weight excluding hydrogens is 330 g/mol. The van der Waals surface area contributed by atoms with E-state index in [1.807, 2.05) is 0 Å². The predicted molar refractivity (Wildman–Crippen MR) is 87.3 cm³/mol. The van der Waals surface area contributed by atoms with Gasteiger partial charge in [0.05, 0.1) is 12.7 Å². The van der Waals surface area contributed by atoms with Crippen molar-refractivity contribution >= 4 is 17.5 Å². The second-order valence-corrected chi connectivity index (χ2v) is 6.70. The number of aromatic nitrogens is 2. The van der Waals surface area contributed by atoms with E-state index in [0.717, 1.165) is 31.5 Å². The molecule has 1 aliphatic carbocycles. The normalized spacial score (nSPS) is 20.4. The third-order valence-electron chi connectivity index (χ3n) is 4.59. The van der Waals surface area contributed by atoms with Gasteiger partial charge in [0.15, 0.2) is 5.82 Å². The van der Waals surface area contributed by atoms with E-state index in [-0.39, 0.29) is 11.9 Å². The van der Waals surface area contributed by atoms with Crippen molar-refractivity contribution in [3.63, 3.8) is 0 Å². The average molecular weight is 348 g/mol. The average Bonchev–Trinajstić information content (AvgIpc) is 3.12. The van der Waals surface area contributed by atoms with Gasteiger partial charge in [-0.25, -0.2) is 0 Å². The molecule has 0 bridgehead atoms. The van der Waals surface area contributed by atoms with Crippen molar-refractivity contribution in [3.8, 4) is 5.75 Å². The highest BCUT2D eigenvalue weighted by atomic mass is 35.5. The molecule has 1 aromatic heterocycles. The van der Waals surface area contributed by atoms with Crippen molar-refractivity contribution in [2.75, 3.05) is 13.7 Å². The summed E-state index contributed by atoms with van der Waals surface area (Å²) in [5.41, 5.74) is 0.457. The first-order valence-corrected chi connectivity index (χ1v) is 8.53. The maximum Gasteiger partial charge on any atom is 0.258 e. The molecule has 126 valence electrons. The van der Waals surface area contributed by atoms with E-state index >= 15 is 0 Å². The van der Waals surface area contributed by atoms with Crippen molar-refractivity contribution in [1.29, 1.82) is 0 Å². The number of carbonyl (C=O) groups excluding carboxylic acids is 1. The summed E-state index contributed by atoms with van der Waals surface area (Å²) < 4.78 is 10.7. The quantitative estimate of drug-likeness (QED) is 0.845. The van der Waals surface area contributed by atoms with Gasteiger partial charge in [-0.3, -0.25) is 4.79 Å². The fourth-order valence-electron chi connectivity index (χ4n) is 3.16. The first-order valence-electron chi connectivity index (χ1n) is 8.15. The van der Waals surface area contributed by atoms with E-state index in [9.17, 15) is 4.79 Å².